The van der Waals surface area contributed by atoms with E-state index in [2.05, 4.69) is 17.0 Å². The van der Waals surface area contributed by atoms with Gasteiger partial charge in [0.1, 0.15) is 12.4 Å². The van der Waals surface area contributed by atoms with Crippen LogP contribution in [-0.4, -0.2) is 42.9 Å². The zero-order valence-electron chi connectivity index (χ0n) is 16.2. The van der Waals surface area contributed by atoms with Crippen LogP contribution in [-0.2, 0) is 0 Å². The Balaban J connectivity index is 1.34. The zero-order valence-corrected chi connectivity index (χ0v) is 16.2. The predicted molar refractivity (Wildman–Crippen MR) is 105 cm³/mol. The van der Waals surface area contributed by atoms with E-state index in [9.17, 15) is 4.39 Å². The Morgan fingerprint density at radius 2 is 1.93 bits per heavy atom. The summed E-state index contributed by atoms with van der Waals surface area (Å²) in [5.41, 5.74) is 1.48. The van der Waals surface area contributed by atoms with Crippen LogP contribution in [0, 0.1) is 5.82 Å². The Morgan fingerprint density at radius 3 is 2.68 bits per heavy atom. The molecule has 2 heterocycles. The number of piperidine rings is 1. The molecule has 2 aromatic carbocycles. The van der Waals surface area contributed by atoms with Crippen molar-refractivity contribution in [3.8, 4) is 11.5 Å². The monoisotopic (exact) mass is 384 g/mol. The van der Waals surface area contributed by atoms with Gasteiger partial charge < -0.3 is 14.0 Å². The summed E-state index contributed by atoms with van der Waals surface area (Å²) in [7, 11) is 1.65. The Labute approximate surface area is 164 Å². The molecule has 148 valence electrons. The molecule has 4 rings (SSSR count). The van der Waals surface area contributed by atoms with Crippen molar-refractivity contribution in [1.82, 2.24) is 10.1 Å². The summed E-state index contributed by atoms with van der Waals surface area (Å²) >= 11 is 0. The largest absolute Gasteiger partial charge is 0.493 e. The summed E-state index contributed by atoms with van der Waals surface area (Å²) in [6.07, 6.45) is 2.00. The van der Waals surface area contributed by atoms with Crippen molar-refractivity contribution < 1.29 is 18.4 Å². The molecule has 0 amide bonds. The molecule has 0 radical (unpaired) electrons. The molecule has 0 bridgehead atoms. The molecule has 6 heteroatoms. The number of halogens is 1. The summed E-state index contributed by atoms with van der Waals surface area (Å²) in [6.45, 7) is 4.73. The van der Waals surface area contributed by atoms with E-state index in [0.29, 0.717) is 24.1 Å². The number of benzene rings is 2. The average molecular weight is 384 g/mol. The summed E-state index contributed by atoms with van der Waals surface area (Å²) in [5.74, 6) is 1.56. The number of ether oxygens (including phenoxy) is 2. The lowest BCUT2D eigenvalue weighted by atomic mass is 9.91. The number of aromatic nitrogens is 1. The third-order valence-corrected chi connectivity index (χ3v) is 5.55. The number of hydrogen-bond donors (Lipinski definition) is 0. The summed E-state index contributed by atoms with van der Waals surface area (Å²) in [4.78, 5) is 2.44. The molecule has 1 atom stereocenters. The lowest BCUT2D eigenvalue weighted by Gasteiger charge is -2.35. The maximum Gasteiger partial charge on any atom is 0.170 e. The number of fused-ring (bicyclic) bond motifs is 1. The van der Waals surface area contributed by atoms with Gasteiger partial charge in [-0.1, -0.05) is 17.3 Å². The second-order valence-corrected chi connectivity index (χ2v) is 7.33. The molecule has 1 fully saturated rings. The van der Waals surface area contributed by atoms with Crippen LogP contribution in [0.15, 0.2) is 47.0 Å². The van der Waals surface area contributed by atoms with E-state index in [0.717, 1.165) is 48.5 Å². The van der Waals surface area contributed by atoms with Crippen LogP contribution in [0.2, 0.25) is 0 Å². The van der Waals surface area contributed by atoms with E-state index in [1.165, 1.54) is 12.1 Å². The maximum atomic E-state index is 13.4. The highest BCUT2D eigenvalue weighted by Gasteiger charge is 2.27. The van der Waals surface area contributed by atoms with Gasteiger partial charge in [0.2, 0.25) is 0 Å². The second kappa shape index (κ2) is 8.19. The first-order valence-electron chi connectivity index (χ1n) is 9.70. The summed E-state index contributed by atoms with van der Waals surface area (Å²) in [6, 6.07) is 12.6. The normalized spacial score (nSPS) is 17.0. The first-order valence-corrected chi connectivity index (χ1v) is 9.70. The van der Waals surface area contributed by atoms with Crippen LogP contribution < -0.4 is 9.47 Å². The molecule has 1 aliphatic rings. The van der Waals surface area contributed by atoms with Gasteiger partial charge in [0.05, 0.1) is 12.8 Å². The van der Waals surface area contributed by atoms with Crippen LogP contribution in [0.5, 0.6) is 11.5 Å². The predicted octanol–water partition coefficient (Wildman–Crippen LogP) is 4.62. The summed E-state index contributed by atoms with van der Waals surface area (Å²) in [5, 5.41) is 5.15. The minimum Gasteiger partial charge on any atom is -0.493 e. The van der Waals surface area contributed by atoms with E-state index >= 15 is 0 Å². The Morgan fingerprint density at radius 1 is 1.18 bits per heavy atom. The fraction of sp³-hybridized carbons (Fsp3) is 0.409. The third-order valence-electron chi connectivity index (χ3n) is 5.55. The van der Waals surface area contributed by atoms with Gasteiger partial charge in [0.25, 0.3) is 0 Å². The number of para-hydroxylation sites is 2. The van der Waals surface area contributed by atoms with Crippen LogP contribution >= 0.6 is 0 Å². The van der Waals surface area contributed by atoms with E-state index in [-0.39, 0.29) is 5.82 Å². The standard InChI is InChI=1S/C22H25FN2O3/c1-15(14-27-20-6-4-3-5-19(20)26-2)25-11-9-16(10-12-25)22-18-8-7-17(23)13-21(18)28-24-22/h3-8,13,15-16H,9-12,14H2,1-2H3. The first-order chi connectivity index (χ1) is 13.7. The molecule has 3 aromatic rings. The van der Waals surface area contributed by atoms with E-state index in [4.69, 9.17) is 14.0 Å². The van der Waals surface area contributed by atoms with Crippen molar-refractivity contribution in [1.29, 1.82) is 0 Å². The highest BCUT2D eigenvalue weighted by Crippen LogP contribution is 2.33. The quantitative estimate of drug-likeness (QED) is 0.620. The van der Waals surface area contributed by atoms with Crippen LogP contribution in [0.25, 0.3) is 11.0 Å². The number of nitrogens with zero attached hydrogens (tertiary/aromatic N) is 2. The van der Waals surface area contributed by atoms with Gasteiger partial charge >= 0.3 is 0 Å². The fourth-order valence-corrected chi connectivity index (χ4v) is 3.89. The Kier molecular flexibility index (Phi) is 5.48. The molecular weight excluding hydrogens is 359 g/mol. The van der Waals surface area contributed by atoms with Crippen molar-refractivity contribution in [3.05, 3.63) is 54.0 Å². The van der Waals surface area contributed by atoms with Gasteiger partial charge in [-0.25, -0.2) is 4.39 Å². The molecule has 28 heavy (non-hydrogen) atoms. The third kappa shape index (κ3) is 3.83. The van der Waals surface area contributed by atoms with Gasteiger partial charge in [0.15, 0.2) is 17.1 Å². The molecular formula is C22H25FN2O3. The molecule has 1 saturated heterocycles. The van der Waals surface area contributed by atoms with Crippen LogP contribution in [0.1, 0.15) is 31.4 Å². The smallest absolute Gasteiger partial charge is 0.170 e. The molecule has 1 aliphatic heterocycles. The SMILES string of the molecule is COc1ccccc1OCC(C)N1CCC(c2noc3cc(F)ccc23)CC1. The van der Waals surface area contributed by atoms with Crippen molar-refractivity contribution in [2.45, 2.75) is 31.7 Å². The fourth-order valence-electron chi connectivity index (χ4n) is 3.89. The van der Waals surface area contributed by atoms with Gasteiger partial charge in [-0.05, 0) is 57.1 Å². The van der Waals surface area contributed by atoms with Gasteiger partial charge in [-0.15, -0.1) is 0 Å². The highest BCUT2D eigenvalue weighted by molar-refractivity contribution is 5.79. The minimum atomic E-state index is -0.297. The number of rotatable bonds is 6. The molecule has 0 aliphatic carbocycles. The van der Waals surface area contributed by atoms with E-state index in [1.54, 1.807) is 13.2 Å². The molecule has 0 saturated carbocycles. The maximum absolute atomic E-state index is 13.4. The zero-order chi connectivity index (χ0) is 19.5. The van der Waals surface area contributed by atoms with E-state index < -0.39 is 0 Å². The Bertz CT molecular complexity index is 934. The second-order valence-electron chi connectivity index (χ2n) is 7.33. The molecule has 0 N–H and O–H groups in total. The first kappa shape index (κ1) is 18.7. The van der Waals surface area contributed by atoms with Crippen LogP contribution in [0.4, 0.5) is 4.39 Å². The average Bonchev–Trinajstić information content (AvgIpc) is 3.15. The van der Waals surface area contributed by atoms with Gasteiger partial charge in [-0.2, -0.15) is 0 Å². The number of hydrogen-bond acceptors (Lipinski definition) is 5. The highest BCUT2D eigenvalue weighted by atomic mass is 19.1. The van der Waals surface area contributed by atoms with Gasteiger partial charge in [-0.3, -0.25) is 4.90 Å². The number of methoxy groups -OCH3 is 1. The summed E-state index contributed by atoms with van der Waals surface area (Å²) < 4.78 is 30.0. The van der Waals surface area contributed by atoms with E-state index in [1.807, 2.05) is 24.3 Å². The van der Waals surface area contributed by atoms with Crippen molar-refractivity contribution >= 4 is 11.0 Å². The molecule has 1 aromatic heterocycles. The van der Waals surface area contributed by atoms with Crippen molar-refractivity contribution in [2.24, 2.45) is 0 Å². The van der Waals surface area contributed by atoms with Crippen molar-refractivity contribution in [2.75, 3.05) is 26.8 Å². The minimum absolute atomic E-state index is 0.297. The molecule has 0 spiro atoms. The topological polar surface area (TPSA) is 47.7 Å². The lowest BCUT2D eigenvalue weighted by molar-refractivity contribution is 0.115. The lowest BCUT2D eigenvalue weighted by Crippen LogP contribution is -2.42. The molecule has 5 nitrogen and oxygen atoms in total. The Hall–Kier alpha value is -2.60. The van der Waals surface area contributed by atoms with Crippen molar-refractivity contribution in [3.63, 3.8) is 0 Å². The van der Waals surface area contributed by atoms with Crippen LogP contribution in [0.3, 0.4) is 0 Å². The molecule has 1 unspecified atom stereocenters. The van der Waals surface area contributed by atoms with Gasteiger partial charge in [0, 0.05) is 23.4 Å². The number of likely N-dealkylation sites (tertiary alicyclic amines) is 1.